The average Bonchev–Trinajstić information content (AvgIpc) is 3.45. The summed E-state index contributed by atoms with van der Waals surface area (Å²) in [5, 5.41) is 13.9. The number of amides is 1. The summed E-state index contributed by atoms with van der Waals surface area (Å²) in [6.07, 6.45) is 1.44. The SMILES string of the molecule is CCc1nc(SCC(=O)N2N=C(c3ccccc3)CC2c2ccc(OC)cc2)n[nH]1. The van der Waals surface area contributed by atoms with E-state index in [2.05, 4.69) is 15.2 Å². The number of hydrogen-bond acceptors (Lipinski definition) is 6. The largest absolute Gasteiger partial charge is 0.497 e. The molecule has 1 aliphatic heterocycles. The van der Waals surface area contributed by atoms with E-state index in [-0.39, 0.29) is 17.7 Å². The first-order valence-corrected chi connectivity index (χ1v) is 10.8. The van der Waals surface area contributed by atoms with Gasteiger partial charge in [0.1, 0.15) is 11.6 Å². The van der Waals surface area contributed by atoms with E-state index in [1.807, 2.05) is 61.5 Å². The zero-order chi connectivity index (χ0) is 20.9. The standard InChI is InChI=1S/C22H23N5O2S/c1-3-20-23-22(25-24-20)30-14-21(28)27-19(16-9-11-17(29-2)12-10-16)13-18(26-27)15-7-5-4-6-8-15/h4-12,19H,3,13-14H2,1-2H3,(H,23,24,25). The molecule has 0 saturated heterocycles. The second-order valence-electron chi connectivity index (χ2n) is 6.85. The Hall–Kier alpha value is -3.13. The molecule has 0 aliphatic carbocycles. The van der Waals surface area contributed by atoms with Gasteiger partial charge in [0.05, 0.1) is 24.6 Å². The summed E-state index contributed by atoms with van der Waals surface area (Å²) >= 11 is 1.32. The van der Waals surface area contributed by atoms with Crippen molar-refractivity contribution in [1.29, 1.82) is 0 Å². The molecule has 0 spiro atoms. The third-order valence-corrected chi connectivity index (χ3v) is 5.78. The van der Waals surface area contributed by atoms with Gasteiger partial charge in [0.2, 0.25) is 5.16 Å². The lowest BCUT2D eigenvalue weighted by molar-refractivity contribution is -0.130. The Bertz CT molecular complexity index is 1030. The molecule has 1 aromatic heterocycles. The molecule has 1 amide bonds. The van der Waals surface area contributed by atoms with Crippen LogP contribution in [0, 0.1) is 0 Å². The molecule has 0 saturated carbocycles. The Morgan fingerprint density at radius 2 is 1.97 bits per heavy atom. The van der Waals surface area contributed by atoms with Gasteiger partial charge in [-0.25, -0.2) is 9.99 Å². The molecule has 7 nitrogen and oxygen atoms in total. The number of carbonyl (C=O) groups is 1. The predicted octanol–water partition coefficient (Wildman–Crippen LogP) is 3.85. The van der Waals surface area contributed by atoms with Gasteiger partial charge in [-0.3, -0.25) is 9.89 Å². The minimum Gasteiger partial charge on any atom is -0.497 e. The van der Waals surface area contributed by atoms with Crippen molar-refractivity contribution in [3.63, 3.8) is 0 Å². The van der Waals surface area contributed by atoms with Crippen LogP contribution in [0.4, 0.5) is 0 Å². The molecule has 3 aromatic rings. The van der Waals surface area contributed by atoms with Crippen LogP contribution in [0.3, 0.4) is 0 Å². The van der Waals surface area contributed by atoms with E-state index in [0.717, 1.165) is 34.8 Å². The van der Waals surface area contributed by atoms with Crippen LogP contribution < -0.4 is 4.74 Å². The number of hydrazone groups is 1. The van der Waals surface area contributed by atoms with Crippen LogP contribution in [0.25, 0.3) is 0 Å². The zero-order valence-electron chi connectivity index (χ0n) is 16.9. The number of ether oxygens (including phenoxy) is 1. The summed E-state index contributed by atoms with van der Waals surface area (Å²) < 4.78 is 5.27. The fourth-order valence-corrected chi connectivity index (χ4v) is 3.99. The quantitative estimate of drug-likeness (QED) is 0.586. The highest BCUT2D eigenvalue weighted by Crippen LogP contribution is 2.34. The van der Waals surface area contributed by atoms with Crippen molar-refractivity contribution in [3.05, 3.63) is 71.5 Å². The number of aromatic nitrogens is 3. The number of methoxy groups -OCH3 is 1. The van der Waals surface area contributed by atoms with Crippen LogP contribution in [0.1, 0.15) is 36.3 Å². The van der Waals surface area contributed by atoms with Gasteiger partial charge in [-0.05, 0) is 23.3 Å². The van der Waals surface area contributed by atoms with Crippen molar-refractivity contribution < 1.29 is 9.53 Å². The maximum Gasteiger partial charge on any atom is 0.253 e. The first kappa shape index (κ1) is 20.2. The summed E-state index contributed by atoms with van der Waals surface area (Å²) in [5.74, 6) is 1.74. The highest BCUT2D eigenvalue weighted by atomic mass is 32.2. The molecule has 1 N–H and O–H groups in total. The van der Waals surface area contributed by atoms with Gasteiger partial charge < -0.3 is 4.74 Å². The topological polar surface area (TPSA) is 83.5 Å². The molecule has 2 heterocycles. The Labute approximate surface area is 179 Å². The number of H-pyrrole nitrogens is 1. The van der Waals surface area contributed by atoms with Crippen LogP contribution in [0.2, 0.25) is 0 Å². The van der Waals surface area contributed by atoms with Crippen LogP contribution in [0.5, 0.6) is 5.75 Å². The minimum absolute atomic E-state index is 0.0744. The fourth-order valence-electron chi connectivity index (χ4n) is 3.32. The molecule has 8 heteroatoms. The lowest BCUT2D eigenvalue weighted by Gasteiger charge is -2.22. The molecule has 30 heavy (non-hydrogen) atoms. The van der Waals surface area contributed by atoms with Gasteiger partial charge in [-0.2, -0.15) is 5.10 Å². The molecule has 154 valence electrons. The number of hydrogen-bond donors (Lipinski definition) is 1. The summed E-state index contributed by atoms with van der Waals surface area (Å²) in [7, 11) is 1.64. The first-order valence-electron chi connectivity index (χ1n) is 9.81. The minimum atomic E-state index is -0.155. The van der Waals surface area contributed by atoms with Gasteiger partial charge in [-0.15, -0.1) is 5.10 Å². The molecular formula is C22H23N5O2S. The van der Waals surface area contributed by atoms with Crippen LogP contribution in [-0.2, 0) is 11.2 Å². The highest BCUT2D eigenvalue weighted by molar-refractivity contribution is 7.99. The molecule has 1 atom stereocenters. The Balaban J connectivity index is 1.55. The average molecular weight is 422 g/mol. The number of nitrogens with zero attached hydrogens (tertiary/aromatic N) is 4. The molecule has 4 rings (SSSR count). The second-order valence-corrected chi connectivity index (χ2v) is 7.79. The lowest BCUT2D eigenvalue weighted by atomic mass is 9.98. The zero-order valence-corrected chi connectivity index (χ0v) is 17.7. The second kappa shape index (κ2) is 9.13. The molecule has 0 fully saturated rings. The number of aryl methyl sites for hydroxylation is 1. The monoisotopic (exact) mass is 421 g/mol. The normalized spacial score (nSPS) is 15.9. The van der Waals surface area contributed by atoms with Crippen molar-refractivity contribution in [2.45, 2.75) is 31.0 Å². The van der Waals surface area contributed by atoms with Crippen LogP contribution in [0.15, 0.2) is 64.9 Å². The van der Waals surface area contributed by atoms with E-state index in [1.165, 1.54) is 11.8 Å². The van der Waals surface area contributed by atoms with E-state index in [0.29, 0.717) is 11.6 Å². The van der Waals surface area contributed by atoms with Crippen molar-refractivity contribution in [3.8, 4) is 5.75 Å². The number of thioether (sulfide) groups is 1. The molecule has 1 aliphatic rings. The molecule has 2 aromatic carbocycles. The van der Waals surface area contributed by atoms with Crippen molar-refractivity contribution in [2.24, 2.45) is 5.10 Å². The van der Waals surface area contributed by atoms with Gasteiger partial charge in [0.25, 0.3) is 5.91 Å². The van der Waals surface area contributed by atoms with Crippen LogP contribution in [-0.4, -0.2) is 44.7 Å². The summed E-state index contributed by atoms with van der Waals surface area (Å²) in [5.41, 5.74) is 2.96. The van der Waals surface area contributed by atoms with E-state index >= 15 is 0 Å². The number of aromatic amines is 1. The van der Waals surface area contributed by atoms with Crippen molar-refractivity contribution in [2.75, 3.05) is 12.9 Å². The Kier molecular flexibility index (Phi) is 6.13. The predicted molar refractivity (Wildman–Crippen MR) is 117 cm³/mol. The van der Waals surface area contributed by atoms with Gasteiger partial charge in [0, 0.05) is 12.8 Å². The van der Waals surface area contributed by atoms with E-state index in [4.69, 9.17) is 9.84 Å². The fraction of sp³-hybridized carbons (Fsp3) is 0.273. The molecule has 0 radical (unpaired) electrons. The van der Waals surface area contributed by atoms with E-state index in [1.54, 1.807) is 12.1 Å². The number of benzene rings is 2. The highest BCUT2D eigenvalue weighted by Gasteiger charge is 2.33. The molecule has 0 bridgehead atoms. The first-order chi connectivity index (χ1) is 14.7. The number of nitrogens with one attached hydrogen (secondary N) is 1. The third kappa shape index (κ3) is 4.38. The summed E-state index contributed by atoms with van der Waals surface area (Å²) in [6.45, 7) is 2.00. The number of carbonyl (C=O) groups excluding carboxylic acids is 1. The van der Waals surface area contributed by atoms with Gasteiger partial charge in [0.15, 0.2) is 0 Å². The maximum absolute atomic E-state index is 13.1. The summed E-state index contributed by atoms with van der Waals surface area (Å²) in [6, 6.07) is 17.6. The Morgan fingerprint density at radius 1 is 1.20 bits per heavy atom. The van der Waals surface area contributed by atoms with E-state index < -0.39 is 0 Å². The maximum atomic E-state index is 13.1. The molecule has 1 unspecified atom stereocenters. The van der Waals surface area contributed by atoms with Gasteiger partial charge >= 0.3 is 0 Å². The van der Waals surface area contributed by atoms with Crippen molar-refractivity contribution >= 4 is 23.4 Å². The smallest absolute Gasteiger partial charge is 0.253 e. The third-order valence-electron chi connectivity index (χ3n) is 4.94. The Morgan fingerprint density at radius 3 is 2.63 bits per heavy atom. The molecular weight excluding hydrogens is 398 g/mol. The van der Waals surface area contributed by atoms with Crippen molar-refractivity contribution in [1.82, 2.24) is 20.2 Å². The van der Waals surface area contributed by atoms with Gasteiger partial charge in [-0.1, -0.05) is 61.2 Å². The van der Waals surface area contributed by atoms with E-state index in [9.17, 15) is 4.79 Å². The lowest BCUT2D eigenvalue weighted by Crippen LogP contribution is -2.28. The van der Waals surface area contributed by atoms with Crippen LogP contribution >= 0.6 is 11.8 Å². The summed E-state index contributed by atoms with van der Waals surface area (Å²) in [4.78, 5) is 17.4. The number of rotatable bonds is 7.